The molecule has 0 saturated heterocycles. The minimum absolute atomic E-state index is 0.0564. The second-order valence-corrected chi connectivity index (χ2v) is 8.53. The van der Waals surface area contributed by atoms with Gasteiger partial charge in [0.1, 0.15) is 18.2 Å². The van der Waals surface area contributed by atoms with E-state index < -0.39 is 10.0 Å². The summed E-state index contributed by atoms with van der Waals surface area (Å²) in [5, 5.41) is 9.35. The third kappa shape index (κ3) is 5.40. The first kappa shape index (κ1) is 22.7. The molecule has 0 aliphatic heterocycles. The monoisotopic (exact) mass is 446 g/mol. The number of primary sulfonamides is 1. The molecule has 0 spiro atoms. The predicted octanol–water partition coefficient (Wildman–Crippen LogP) is 2.79. The van der Waals surface area contributed by atoms with E-state index in [4.69, 9.17) is 19.3 Å². The van der Waals surface area contributed by atoms with Gasteiger partial charge in [0.2, 0.25) is 10.0 Å². The van der Waals surface area contributed by atoms with Crippen molar-refractivity contribution < 1.29 is 22.6 Å². The maximum absolute atomic E-state index is 11.7. The zero-order valence-corrected chi connectivity index (χ0v) is 18.7. The smallest absolute Gasteiger partial charge is 0.238 e. The maximum Gasteiger partial charge on any atom is 0.238 e. The summed E-state index contributed by atoms with van der Waals surface area (Å²) in [6.45, 7) is 4.51. The van der Waals surface area contributed by atoms with Crippen LogP contribution in [0.1, 0.15) is 24.4 Å². The molecular weight excluding hydrogens is 420 g/mol. The molecular formula is C21H26N4O5S. The van der Waals surface area contributed by atoms with Crippen LogP contribution in [0.2, 0.25) is 0 Å². The van der Waals surface area contributed by atoms with E-state index in [0.29, 0.717) is 41.9 Å². The summed E-state index contributed by atoms with van der Waals surface area (Å²) in [5.41, 5.74) is 1.44. The van der Waals surface area contributed by atoms with Gasteiger partial charge >= 0.3 is 0 Å². The van der Waals surface area contributed by atoms with E-state index in [-0.39, 0.29) is 10.9 Å². The topological polar surface area (TPSA) is 126 Å². The van der Waals surface area contributed by atoms with Gasteiger partial charge in [-0.25, -0.2) is 23.5 Å². The van der Waals surface area contributed by atoms with Crippen molar-refractivity contribution in [3.63, 3.8) is 0 Å². The molecule has 0 saturated carbocycles. The largest absolute Gasteiger partial charge is 0.493 e. The number of sulfonamides is 1. The van der Waals surface area contributed by atoms with Crippen molar-refractivity contribution >= 4 is 26.7 Å². The molecule has 3 rings (SSSR count). The Labute approximate surface area is 181 Å². The summed E-state index contributed by atoms with van der Waals surface area (Å²) >= 11 is 0. The fraction of sp³-hybridized carbons (Fsp3) is 0.333. The Kier molecular flexibility index (Phi) is 6.94. The van der Waals surface area contributed by atoms with E-state index in [0.717, 1.165) is 10.9 Å². The van der Waals surface area contributed by atoms with E-state index in [9.17, 15) is 8.42 Å². The van der Waals surface area contributed by atoms with Crippen LogP contribution in [0.4, 0.5) is 5.82 Å². The molecule has 0 bridgehead atoms. The minimum Gasteiger partial charge on any atom is -0.493 e. The summed E-state index contributed by atoms with van der Waals surface area (Å²) in [6, 6.07) is 9.85. The fourth-order valence-electron chi connectivity index (χ4n) is 3.12. The molecule has 3 aromatic rings. The molecule has 166 valence electrons. The Morgan fingerprint density at radius 2 is 1.87 bits per heavy atom. The van der Waals surface area contributed by atoms with Gasteiger partial charge < -0.3 is 19.5 Å². The SMILES string of the molecule is COCCOc1cc2c(NC(C)c3cccc(S(N)(=O)=O)c3)nc(C)nc2cc1OC. The summed E-state index contributed by atoms with van der Waals surface area (Å²) in [7, 11) is -0.621. The highest BCUT2D eigenvalue weighted by Crippen LogP contribution is 2.35. The van der Waals surface area contributed by atoms with E-state index in [1.54, 1.807) is 39.3 Å². The number of aryl methyl sites for hydroxylation is 1. The van der Waals surface area contributed by atoms with Crippen molar-refractivity contribution in [1.82, 2.24) is 9.97 Å². The standard InChI is InChI=1S/C21H26N4O5S/c1-13(15-6-5-7-16(10-15)31(22,26)27)23-21-17-11-20(30-9-8-28-3)19(29-4)12-18(17)24-14(2)25-21/h5-7,10-13H,8-9H2,1-4H3,(H2,22,26,27)(H,23,24,25). The summed E-state index contributed by atoms with van der Waals surface area (Å²) in [6.07, 6.45) is 0. The van der Waals surface area contributed by atoms with Crippen molar-refractivity contribution in [3.05, 3.63) is 47.8 Å². The average molecular weight is 447 g/mol. The normalized spacial score (nSPS) is 12.5. The lowest BCUT2D eigenvalue weighted by Crippen LogP contribution is -2.14. The maximum atomic E-state index is 11.7. The molecule has 0 amide bonds. The van der Waals surface area contributed by atoms with Crippen LogP contribution in [0.25, 0.3) is 10.9 Å². The van der Waals surface area contributed by atoms with Crippen molar-refractivity contribution in [3.8, 4) is 11.5 Å². The van der Waals surface area contributed by atoms with Crippen LogP contribution in [0.15, 0.2) is 41.3 Å². The lowest BCUT2D eigenvalue weighted by atomic mass is 10.1. The molecule has 3 N–H and O–H groups in total. The van der Waals surface area contributed by atoms with Crippen LogP contribution in [0.3, 0.4) is 0 Å². The van der Waals surface area contributed by atoms with Crippen LogP contribution in [-0.4, -0.2) is 45.8 Å². The number of fused-ring (bicyclic) bond motifs is 1. The lowest BCUT2D eigenvalue weighted by molar-refractivity contribution is 0.144. The van der Waals surface area contributed by atoms with Crippen LogP contribution >= 0.6 is 0 Å². The Bertz CT molecular complexity index is 1180. The van der Waals surface area contributed by atoms with Gasteiger partial charge in [-0.05, 0) is 37.6 Å². The number of hydrogen-bond donors (Lipinski definition) is 2. The summed E-state index contributed by atoms with van der Waals surface area (Å²) in [4.78, 5) is 9.10. The number of nitrogens with zero attached hydrogens (tertiary/aromatic N) is 2. The van der Waals surface area contributed by atoms with Gasteiger partial charge in [-0.15, -0.1) is 0 Å². The second kappa shape index (κ2) is 9.46. The van der Waals surface area contributed by atoms with Gasteiger partial charge in [-0.2, -0.15) is 0 Å². The first-order valence-electron chi connectivity index (χ1n) is 9.60. The van der Waals surface area contributed by atoms with Gasteiger partial charge in [0.25, 0.3) is 0 Å². The number of anilines is 1. The highest BCUT2D eigenvalue weighted by Gasteiger charge is 2.16. The summed E-state index contributed by atoms with van der Waals surface area (Å²) in [5.74, 6) is 2.28. The Morgan fingerprint density at radius 1 is 1.10 bits per heavy atom. The highest BCUT2D eigenvalue weighted by molar-refractivity contribution is 7.89. The number of aromatic nitrogens is 2. The first-order valence-corrected chi connectivity index (χ1v) is 11.1. The van der Waals surface area contributed by atoms with Crippen molar-refractivity contribution in [2.75, 3.05) is 32.8 Å². The predicted molar refractivity (Wildman–Crippen MR) is 118 cm³/mol. The van der Waals surface area contributed by atoms with E-state index >= 15 is 0 Å². The fourth-order valence-corrected chi connectivity index (χ4v) is 3.69. The molecule has 1 unspecified atom stereocenters. The number of rotatable bonds is 9. The highest BCUT2D eigenvalue weighted by atomic mass is 32.2. The van der Waals surface area contributed by atoms with Crippen LogP contribution < -0.4 is 19.9 Å². The second-order valence-electron chi connectivity index (χ2n) is 6.96. The van der Waals surface area contributed by atoms with Crippen molar-refractivity contribution in [2.24, 2.45) is 5.14 Å². The van der Waals surface area contributed by atoms with E-state index in [1.807, 2.05) is 19.1 Å². The molecule has 0 fully saturated rings. The molecule has 1 aromatic heterocycles. The Morgan fingerprint density at radius 3 is 2.55 bits per heavy atom. The number of nitrogens with one attached hydrogen (secondary N) is 1. The average Bonchev–Trinajstić information content (AvgIpc) is 2.73. The molecule has 0 aliphatic carbocycles. The third-order valence-electron chi connectivity index (χ3n) is 4.68. The van der Waals surface area contributed by atoms with Crippen LogP contribution in [-0.2, 0) is 14.8 Å². The molecule has 9 nitrogen and oxygen atoms in total. The lowest BCUT2D eigenvalue weighted by Gasteiger charge is -2.18. The third-order valence-corrected chi connectivity index (χ3v) is 5.59. The van der Waals surface area contributed by atoms with Gasteiger partial charge in [-0.3, -0.25) is 0 Å². The molecule has 0 aliphatic rings. The molecule has 10 heteroatoms. The number of methoxy groups -OCH3 is 2. The Hall–Kier alpha value is -2.95. The quantitative estimate of drug-likeness (QED) is 0.481. The van der Waals surface area contributed by atoms with Gasteiger partial charge in [0.05, 0.1) is 30.2 Å². The molecule has 31 heavy (non-hydrogen) atoms. The zero-order chi connectivity index (χ0) is 22.6. The van der Waals surface area contributed by atoms with Crippen LogP contribution in [0, 0.1) is 6.92 Å². The zero-order valence-electron chi connectivity index (χ0n) is 17.9. The minimum atomic E-state index is -3.79. The van der Waals surface area contributed by atoms with E-state index in [2.05, 4.69) is 15.3 Å². The Balaban J connectivity index is 2.00. The summed E-state index contributed by atoms with van der Waals surface area (Å²) < 4.78 is 39.7. The first-order chi connectivity index (χ1) is 14.7. The van der Waals surface area contributed by atoms with Crippen molar-refractivity contribution in [1.29, 1.82) is 0 Å². The number of hydrogen-bond acceptors (Lipinski definition) is 8. The number of ether oxygens (including phenoxy) is 3. The van der Waals surface area contributed by atoms with Gasteiger partial charge in [0, 0.05) is 18.6 Å². The molecule has 1 heterocycles. The van der Waals surface area contributed by atoms with Crippen LogP contribution in [0.5, 0.6) is 11.5 Å². The molecule has 2 aromatic carbocycles. The molecule has 1 atom stereocenters. The van der Waals surface area contributed by atoms with Crippen molar-refractivity contribution in [2.45, 2.75) is 24.8 Å². The number of benzene rings is 2. The van der Waals surface area contributed by atoms with Gasteiger partial charge in [0.15, 0.2) is 11.5 Å². The van der Waals surface area contributed by atoms with Gasteiger partial charge in [-0.1, -0.05) is 12.1 Å². The number of nitrogens with two attached hydrogens (primary N) is 1. The molecule has 0 radical (unpaired) electrons. The van der Waals surface area contributed by atoms with E-state index in [1.165, 1.54) is 6.07 Å².